The zero-order valence-corrected chi connectivity index (χ0v) is 22.6. The van der Waals surface area contributed by atoms with Gasteiger partial charge in [0.25, 0.3) is 5.91 Å². The molecule has 3 heterocycles. The first kappa shape index (κ1) is 27.4. The van der Waals surface area contributed by atoms with Crippen LogP contribution in [0.3, 0.4) is 0 Å². The fraction of sp³-hybridized carbons (Fsp3) is 0.333. The largest absolute Gasteiger partial charge is 0.494 e. The van der Waals surface area contributed by atoms with Gasteiger partial charge in [-0.15, -0.1) is 5.10 Å². The first-order chi connectivity index (χ1) is 19.1. The number of anilines is 1. The molecule has 0 spiro atoms. The van der Waals surface area contributed by atoms with Crippen molar-refractivity contribution in [2.75, 3.05) is 11.9 Å². The number of rotatable bonds is 9. The Balaban J connectivity index is 1.29. The summed E-state index contributed by atoms with van der Waals surface area (Å²) >= 11 is 0. The molecule has 1 aliphatic heterocycles. The maximum Gasteiger partial charge on any atom is 0.296 e. The summed E-state index contributed by atoms with van der Waals surface area (Å²) in [5.41, 5.74) is 2.25. The Hall–Kier alpha value is -4.18. The molecule has 0 bridgehead atoms. The molecule has 1 amide bonds. The fourth-order valence-corrected chi connectivity index (χ4v) is 4.86. The van der Waals surface area contributed by atoms with Crippen LogP contribution in [0.5, 0.6) is 5.75 Å². The molecule has 40 heavy (non-hydrogen) atoms. The second-order valence-electron chi connectivity index (χ2n) is 10.6. The molecule has 8 nitrogen and oxygen atoms in total. The number of carbonyl (C=O) groups is 1. The van der Waals surface area contributed by atoms with E-state index in [1.54, 1.807) is 26.1 Å². The van der Waals surface area contributed by atoms with E-state index in [9.17, 15) is 18.7 Å². The second-order valence-corrected chi connectivity index (χ2v) is 10.6. The van der Waals surface area contributed by atoms with Crippen LogP contribution in [0.2, 0.25) is 0 Å². The number of aromatic nitrogens is 4. The van der Waals surface area contributed by atoms with Crippen molar-refractivity contribution in [2.24, 2.45) is 0 Å². The lowest BCUT2D eigenvalue weighted by Crippen LogP contribution is -2.19. The van der Waals surface area contributed by atoms with Gasteiger partial charge in [-0.3, -0.25) is 4.79 Å². The Morgan fingerprint density at radius 3 is 2.83 bits per heavy atom. The van der Waals surface area contributed by atoms with E-state index in [-0.39, 0.29) is 11.4 Å². The minimum absolute atomic E-state index is 0.0682. The molecule has 2 N–H and O–H groups in total. The van der Waals surface area contributed by atoms with Crippen LogP contribution in [0.1, 0.15) is 66.7 Å². The third kappa shape index (κ3) is 6.02. The number of nitrogens with zero attached hydrogens (tertiary/aromatic N) is 4. The van der Waals surface area contributed by atoms with E-state index in [0.29, 0.717) is 43.3 Å². The van der Waals surface area contributed by atoms with Crippen molar-refractivity contribution < 1.29 is 23.4 Å². The fourth-order valence-electron chi connectivity index (χ4n) is 4.86. The van der Waals surface area contributed by atoms with Crippen molar-refractivity contribution in [1.82, 2.24) is 19.7 Å². The molecular formula is C30H31F2N5O3. The van der Waals surface area contributed by atoms with Gasteiger partial charge in [-0.1, -0.05) is 18.2 Å². The second kappa shape index (κ2) is 11.1. The smallest absolute Gasteiger partial charge is 0.296 e. The highest BCUT2D eigenvalue weighted by Crippen LogP contribution is 2.33. The van der Waals surface area contributed by atoms with E-state index in [4.69, 9.17) is 4.74 Å². The molecule has 1 aliphatic rings. The van der Waals surface area contributed by atoms with Gasteiger partial charge in [0.2, 0.25) is 5.82 Å². The van der Waals surface area contributed by atoms with E-state index >= 15 is 0 Å². The summed E-state index contributed by atoms with van der Waals surface area (Å²) in [7, 11) is 0. The number of nitrogens with one attached hydrogen (secondary N) is 1. The third-order valence-corrected chi connectivity index (χ3v) is 6.91. The first-order valence-corrected chi connectivity index (χ1v) is 13.2. The van der Waals surface area contributed by atoms with Gasteiger partial charge < -0.3 is 15.2 Å². The van der Waals surface area contributed by atoms with Gasteiger partial charge in [0.1, 0.15) is 17.4 Å². The van der Waals surface area contributed by atoms with Crippen molar-refractivity contribution in [3.8, 4) is 16.9 Å². The van der Waals surface area contributed by atoms with Crippen molar-refractivity contribution in [2.45, 2.75) is 58.1 Å². The summed E-state index contributed by atoms with van der Waals surface area (Å²) in [6.07, 6.45) is 3.97. The van der Waals surface area contributed by atoms with Crippen LogP contribution in [0.15, 0.2) is 54.7 Å². The Morgan fingerprint density at radius 1 is 1.20 bits per heavy atom. The number of carbonyl (C=O) groups excluding carboxylic acids is 1. The number of fused-ring (bicyclic) bond motifs is 1. The zero-order valence-electron chi connectivity index (χ0n) is 22.6. The molecule has 0 fully saturated rings. The highest BCUT2D eigenvalue weighted by atomic mass is 19.2. The van der Waals surface area contributed by atoms with Crippen molar-refractivity contribution >= 4 is 11.7 Å². The van der Waals surface area contributed by atoms with Crippen LogP contribution < -0.4 is 10.1 Å². The first-order valence-electron chi connectivity index (χ1n) is 13.2. The highest BCUT2D eigenvalue weighted by Gasteiger charge is 2.31. The average Bonchev–Trinajstić information content (AvgIpc) is 3.50. The standard InChI is InChI=1S/C30H31F2N5O3/c1-18-8-9-20(40-15-5-13-30(2,3)39)17-22(18)19-12-14-33-25(16-19)34-29(38)28-35-26-11-10-24(37(26)36-28)21-6-4-7-23(31)27(21)32/h4,6-9,12,14,16-17,24,39H,5,10-11,13,15H2,1-3H3,(H,33,34,38). The van der Waals surface area contributed by atoms with E-state index in [0.717, 1.165) is 29.2 Å². The van der Waals surface area contributed by atoms with E-state index in [2.05, 4.69) is 20.4 Å². The SMILES string of the molecule is Cc1ccc(OCCCC(C)(C)O)cc1-c1ccnc(NC(=O)c2nc3n(n2)C(c2cccc(F)c2F)CC3)c1. The number of halogens is 2. The summed E-state index contributed by atoms with van der Waals surface area (Å²) in [6.45, 7) is 6.02. The normalized spacial score (nSPS) is 14.7. The molecule has 0 aliphatic carbocycles. The van der Waals surface area contributed by atoms with Crippen LogP contribution in [-0.4, -0.2) is 43.0 Å². The van der Waals surface area contributed by atoms with E-state index in [1.165, 1.54) is 16.8 Å². The number of amides is 1. The number of aliphatic hydroxyl groups is 1. The van der Waals surface area contributed by atoms with Gasteiger partial charge in [0, 0.05) is 18.2 Å². The van der Waals surface area contributed by atoms with Crippen molar-refractivity contribution in [3.63, 3.8) is 0 Å². The summed E-state index contributed by atoms with van der Waals surface area (Å²) in [6, 6.07) is 12.9. The number of hydrogen-bond donors (Lipinski definition) is 2. The molecule has 208 valence electrons. The summed E-state index contributed by atoms with van der Waals surface area (Å²) in [5.74, 6) is -0.891. The van der Waals surface area contributed by atoms with Crippen LogP contribution in [0.25, 0.3) is 11.1 Å². The Morgan fingerprint density at radius 2 is 2.02 bits per heavy atom. The minimum atomic E-state index is -0.923. The quantitative estimate of drug-likeness (QED) is 0.263. The molecule has 1 atom stereocenters. The average molecular weight is 548 g/mol. The van der Waals surface area contributed by atoms with Crippen LogP contribution >= 0.6 is 0 Å². The Labute approximate surface area is 231 Å². The van der Waals surface area contributed by atoms with Crippen LogP contribution in [-0.2, 0) is 6.42 Å². The minimum Gasteiger partial charge on any atom is -0.494 e. The molecule has 0 radical (unpaired) electrons. The third-order valence-electron chi connectivity index (χ3n) is 6.91. The van der Waals surface area contributed by atoms with E-state index < -0.39 is 29.2 Å². The molecule has 4 aromatic rings. The van der Waals surface area contributed by atoms with Gasteiger partial charge >= 0.3 is 0 Å². The lowest BCUT2D eigenvalue weighted by atomic mass is 10.0. The molecule has 0 saturated heterocycles. The van der Waals surface area contributed by atoms with Gasteiger partial charge in [0.15, 0.2) is 11.6 Å². The molecular weight excluding hydrogens is 516 g/mol. The summed E-state index contributed by atoms with van der Waals surface area (Å²) < 4.78 is 35.6. The molecule has 1 unspecified atom stereocenters. The number of pyridine rings is 1. The molecule has 2 aromatic heterocycles. The van der Waals surface area contributed by atoms with Gasteiger partial charge in [-0.25, -0.2) is 23.4 Å². The van der Waals surface area contributed by atoms with E-state index in [1.807, 2.05) is 31.2 Å². The lowest BCUT2D eigenvalue weighted by molar-refractivity contribution is 0.0641. The number of hydrogen-bond acceptors (Lipinski definition) is 6. The molecule has 0 saturated carbocycles. The van der Waals surface area contributed by atoms with Crippen molar-refractivity contribution in [1.29, 1.82) is 0 Å². The Bertz CT molecular complexity index is 1550. The van der Waals surface area contributed by atoms with Gasteiger partial charge in [-0.05, 0) is 87.1 Å². The summed E-state index contributed by atoms with van der Waals surface area (Å²) in [4.78, 5) is 21.6. The van der Waals surface area contributed by atoms with Crippen molar-refractivity contribution in [3.05, 3.63) is 89.1 Å². The monoisotopic (exact) mass is 547 g/mol. The van der Waals surface area contributed by atoms with Gasteiger partial charge in [-0.2, -0.15) is 0 Å². The summed E-state index contributed by atoms with van der Waals surface area (Å²) in [5, 5.41) is 16.9. The predicted molar refractivity (Wildman–Crippen MR) is 146 cm³/mol. The topological polar surface area (TPSA) is 102 Å². The number of aryl methyl sites for hydroxylation is 2. The maximum atomic E-state index is 14.4. The lowest BCUT2D eigenvalue weighted by Gasteiger charge is -2.17. The number of ether oxygens (including phenoxy) is 1. The molecule has 5 rings (SSSR count). The Kier molecular flexibility index (Phi) is 7.62. The maximum absolute atomic E-state index is 14.4. The van der Waals surface area contributed by atoms with Crippen LogP contribution in [0.4, 0.5) is 14.6 Å². The van der Waals surface area contributed by atoms with Crippen LogP contribution in [0, 0.1) is 18.6 Å². The molecule has 10 heteroatoms. The highest BCUT2D eigenvalue weighted by molar-refractivity contribution is 6.01. The molecule has 2 aromatic carbocycles. The number of benzene rings is 2. The van der Waals surface area contributed by atoms with Gasteiger partial charge in [0.05, 0.1) is 18.2 Å². The predicted octanol–water partition coefficient (Wildman–Crippen LogP) is 5.64. The zero-order chi connectivity index (χ0) is 28.4.